The molecular weight excluding hydrogens is 913 g/mol. The van der Waals surface area contributed by atoms with Crippen LogP contribution in [0.3, 0.4) is 0 Å². The number of aromatic hydroxyl groups is 1. The fourth-order valence-corrected chi connectivity index (χ4v) is 10.4. The molecule has 390 valence electrons. The lowest BCUT2D eigenvalue weighted by atomic mass is 9.84. The SMILES string of the molecule is C=C/C(=C(\N=CC)[C@H](C)OC)c1c2c3cc(ccc3n1CC)-c1cc(O)cc(c1)C[C@H](NC(=O)[C@H](C(C)C)N(C)C(=O)C1CCN(C(=O)/C=C/CN(C)C)CC1)C(=O)N1CCC[C@H](N1)C(=O)OCC(C)(C)C2. The van der Waals surface area contributed by atoms with Crippen LogP contribution in [-0.4, -0.2) is 150 Å². The zero-order chi connectivity index (χ0) is 52.6. The Morgan fingerprint density at radius 3 is 2.40 bits per heavy atom. The van der Waals surface area contributed by atoms with Crippen LogP contribution in [0, 0.1) is 17.3 Å². The number of piperidine rings is 1. The minimum Gasteiger partial charge on any atom is -0.508 e. The number of methoxy groups -OCH3 is 1. The largest absolute Gasteiger partial charge is 0.508 e. The van der Waals surface area contributed by atoms with Crippen molar-refractivity contribution in [1.82, 2.24) is 35.0 Å². The molecule has 2 aromatic carbocycles. The Bertz CT molecular complexity index is 2580. The van der Waals surface area contributed by atoms with E-state index in [4.69, 9.17) is 14.5 Å². The second-order valence-electron chi connectivity index (χ2n) is 20.9. The van der Waals surface area contributed by atoms with Gasteiger partial charge in [-0.3, -0.25) is 34.0 Å². The lowest BCUT2D eigenvalue weighted by Gasteiger charge is -2.38. The summed E-state index contributed by atoms with van der Waals surface area (Å²) in [6.07, 6.45) is 8.97. The number of hydrazine groups is 1. The predicted molar refractivity (Wildman–Crippen MR) is 283 cm³/mol. The molecule has 0 spiro atoms. The highest BCUT2D eigenvalue weighted by Crippen LogP contribution is 2.41. The van der Waals surface area contributed by atoms with E-state index >= 15 is 0 Å². The fraction of sp³-hybridized carbons (Fsp3) is 0.536. The molecule has 72 heavy (non-hydrogen) atoms. The van der Waals surface area contributed by atoms with Gasteiger partial charge in [0.1, 0.15) is 23.9 Å². The number of hydrogen-bond acceptors (Lipinski definition) is 11. The van der Waals surface area contributed by atoms with Gasteiger partial charge < -0.3 is 39.2 Å². The summed E-state index contributed by atoms with van der Waals surface area (Å²) in [5.74, 6) is -2.51. The van der Waals surface area contributed by atoms with Crippen molar-refractivity contribution in [2.45, 2.75) is 118 Å². The molecule has 6 bridgehead atoms. The Morgan fingerprint density at radius 1 is 1.04 bits per heavy atom. The molecule has 16 nitrogen and oxygen atoms in total. The Hall–Kier alpha value is -6.10. The average Bonchev–Trinajstić information content (AvgIpc) is 3.64. The highest BCUT2D eigenvalue weighted by Gasteiger charge is 2.39. The number of phenolic OH excluding ortho intramolecular Hbond substituents is 1. The molecule has 0 unspecified atom stereocenters. The molecule has 4 heterocycles. The molecule has 16 heteroatoms. The molecule has 3 aliphatic rings. The van der Waals surface area contributed by atoms with E-state index in [1.165, 1.54) is 9.91 Å². The third kappa shape index (κ3) is 12.7. The topological polar surface area (TPSA) is 178 Å². The number of hydrogen-bond donors (Lipinski definition) is 3. The van der Waals surface area contributed by atoms with Gasteiger partial charge in [-0.1, -0.05) is 58.6 Å². The van der Waals surface area contributed by atoms with E-state index in [1.54, 1.807) is 43.5 Å². The maximum absolute atomic E-state index is 14.8. The molecule has 0 radical (unpaired) electrons. The van der Waals surface area contributed by atoms with Gasteiger partial charge in [-0.2, -0.15) is 0 Å². The Labute approximate surface area is 426 Å². The van der Waals surface area contributed by atoms with Crippen molar-refractivity contribution in [3.8, 4) is 16.9 Å². The number of esters is 1. The Morgan fingerprint density at radius 2 is 1.76 bits per heavy atom. The maximum Gasteiger partial charge on any atom is 0.324 e. The molecule has 0 saturated carbocycles. The highest BCUT2D eigenvalue weighted by molar-refractivity contribution is 5.96. The van der Waals surface area contributed by atoms with Gasteiger partial charge in [0.2, 0.25) is 17.7 Å². The molecule has 3 N–H and O–H groups in total. The van der Waals surface area contributed by atoms with Crippen LogP contribution in [0.2, 0.25) is 0 Å². The Balaban J connectivity index is 1.39. The first kappa shape index (κ1) is 55.2. The van der Waals surface area contributed by atoms with Gasteiger partial charge in [-0.05, 0) is 119 Å². The number of phenols is 1. The van der Waals surface area contributed by atoms with Crippen molar-refractivity contribution >= 4 is 52.3 Å². The molecule has 2 saturated heterocycles. The molecule has 1 aromatic heterocycles. The summed E-state index contributed by atoms with van der Waals surface area (Å²) < 4.78 is 14.2. The number of aromatic nitrogens is 1. The van der Waals surface area contributed by atoms with Gasteiger partial charge in [-0.15, -0.1) is 0 Å². The number of rotatable bonds is 14. The number of nitrogens with one attached hydrogen (secondary N) is 2. The van der Waals surface area contributed by atoms with Crippen LogP contribution >= 0.6 is 0 Å². The van der Waals surface area contributed by atoms with Crippen LogP contribution in [0.5, 0.6) is 5.75 Å². The number of benzene rings is 2. The number of allylic oxidation sites excluding steroid dienone is 2. The number of carbonyl (C=O) groups is 5. The van der Waals surface area contributed by atoms with Crippen LogP contribution in [0.1, 0.15) is 91.0 Å². The first-order valence-electron chi connectivity index (χ1n) is 25.5. The number of aliphatic imine (C=N–C) groups is 1. The number of fused-ring (bicyclic) bond motifs is 6. The van der Waals surface area contributed by atoms with Gasteiger partial charge in [0.05, 0.1) is 24.1 Å². The van der Waals surface area contributed by atoms with Gasteiger partial charge in [0, 0.05) is 93.4 Å². The van der Waals surface area contributed by atoms with E-state index in [0.717, 1.165) is 39.0 Å². The van der Waals surface area contributed by atoms with E-state index < -0.39 is 47.2 Å². The molecule has 2 fully saturated rings. The normalized spacial score (nSPS) is 20.4. The summed E-state index contributed by atoms with van der Waals surface area (Å²) in [5.41, 5.74) is 9.14. The number of likely N-dealkylation sites (N-methyl/N-ethyl adjacent to an activating group) is 2. The summed E-state index contributed by atoms with van der Waals surface area (Å²) in [7, 11) is 7.13. The molecular formula is C56H78N8O8. The van der Waals surface area contributed by atoms with Crippen LogP contribution in [0.25, 0.3) is 27.6 Å². The smallest absolute Gasteiger partial charge is 0.324 e. The highest BCUT2D eigenvalue weighted by atomic mass is 16.5. The summed E-state index contributed by atoms with van der Waals surface area (Å²) in [4.78, 5) is 80.5. The number of ether oxygens (including phenoxy) is 2. The molecule has 4 amide bonds. The van der Waals surface area contributed by atoms with Gasteiger partial charge in [0.15, 0.2) is 0 Å². The zero-order valence-electron chi connectivity index (χ0n) is 44.4. The molecule has 0 aliphatic carbocycles. The second kappa shape index (κ2) is 24.1. The number of aryl methyl sites for hydroxylation is 1. The van der Waals surface area contributed by atoms with Gasteiger partial charge >= 0.3 is 5.97 Å². The molecule has 3 aliphatic heterocycles. The van der Waals surface area contributed by atoms with Crippen molar-refractivity contribution in [2.75, 3.05) is 61.0 Å². The predicted octanol–water partition coefficient (Wildman–Crippen LogP) is 6.54. The Kier molecular flexibility index (Phi) is 18.5. The number of cyclic esters (lactones) is 1. The van der Waals surface area contributed by atoms with E-state index in [0.29, 0.717) is 69.4 Å². The van der Waals surface area contributed by atoms with Gasteiger partial charge in [-0.25, -0.2) is 5.43 Å². The van der Waals surface area contributed by atoms with Crippen LogP contribution in [0.4, 0.5) is 0 Å². The number of amides is 4. The summed E-state index contributed by atoms with van der Waals surface area (Å²) in [6.45, 7) is 20.5. The molecule has 6 rings (SSSR count). The lowest BCUT2D eigenvalue weighted by molar-refractivity contribution is -0.155. The first-order valence-corrected chi connectivity index (χ1v) is 25.5. The third-order valence-corrected chi connectivity index (χ3v) is 14.1. The van der Waals surface area contributed by atoms with E-state index in [-0.39, 0.29) is 49.2 Å². The number of carbonyl (C=O) groups excluding carboxylic acids is 5. The van der Waals surface area contributed by atoms with Crippen LogP contribution in [0.15, 0.2) is 71.9 Å². The minimum atomic E-state index is -1.17. The first-order chi connectivity index (χ1) is 34.2. The summed E-state index contributed by atoms with van der Waals surface area (Å²) >= 11 is 0. The zero-order valence-corrected chi connectivity index (χ0v) is 44.4. The van der Waals surface area contributed by atoms with Crippen LogP contribution < -0.4 is 10.7 Å². The fourth-order valence-electron chi connectivity index (χ4n) is 10.4. The van der Waals surface area contributed by atoms with Crippen molar-refractivity contribution in [1.29, 1.82) is 0 Å². The van der Waals surface area contributed by atoms with E-state index in [1.807, 2.05) is 71.0 Å². The van der Waals surface area contributed by atoms with E-state index in [2.05, 4.69) is 54.8 Å². The minimum absolute atomic E-state index is 0.0127. The summed E-state index contributed by atoms with van der Waals surface area (Å²) in [5, 5.41) is 16.8. The number of nitrogens with zero attached hydrogens (tertiary/aromatic N) is 6. The maximum atomic E-state index is 14.8. The number of likely N-dealkylation sites (tertiary alicyclic amines) is 1. The quantitative estimate of drug-likeness (QED) is 0.0695. The van der Waals surface area contributed by atoms with E-state index in [9.17, 15) is 29.1 Å². The van der Waals surface area contributed by atoms with Crippen molar-refractivity contribution in [2.24, 2.45) is 22.2 Å². The van der Waals surface area contributed by atoms with Gasteiger partial charge in [0.25, 0.3) is 5.91 Å². The second-order valence-corrected chi connectivity index (χ2v) is 20.9. The monoisotopic (exact) mass is 991 g/mol. The standard InChI is InChI=1S/C56H78N8O8/c1-13-42(49(57-14-2)36(6)71-12)51-44-33-56(7,8)34-72-55(70)45-18-16-25-64(59-45)54(69)46(30-37-28-40(31-41(65)29-37)39-20-21-47(43(44)32-39)63(51)15-3)58-52(67)50(35(4)5)61(11)53(68)38-22-26-62(27-23-38)48(66)19-17-24-60(9)10/h13-14,17,19-21,28-29,31-32,35-36,38,45-46,50,59,65H,1,15-16,18,22-27,30,33-34H2,2-12H3,(H,58,67)/b19-17+,49-42+,57-14?/t36-,45-,46-,50-/m0/s1. The van der Waals surface area contributed by atoms with Crippen molar-refractivity contribution in [3.63, 3.8) is 0 Å². The van der Waals surface area contributed by atoms with Crippen molar-refractivity contribution < 1.29 is 38.6 Å². The van der Waals surface area contributed by atoms with Crippen molar-refractivity contribution in [3.05, 3.63) is 83.7 Å². The third-order valence-electron chi connectivity index (χ3n) is 14.1. The van der Waals surface area contributed by atoms with Crippen LogP contribution in [-0.2, 0) is 52.8 Å². The lowest BCUT2D eigenvalue weighted by Crippen LogP contribution is -2.62. The molecule has 4 atom stereocenters. The molecule has 3 aromatic rings. The average molecular weight is 991 g/mol. The summed E-state index contributed by atoms with van der Waals surface area (Å²) in [6, 6.07) is 8.48.